The van der Waals surface area contributed by atoms with Gasteiger partial charge < -0.3 is 0 Å². The number of carbonyl (C=O) groups excluding carboxylic acids is 1. The molecule has 0 bridgehead atoms. The quantitative estimate of drug-likeness (QED) is 0.556. The summed E-state index contributed by atoms with van der Waals surface area (Å²) in [7, 11) is 0. The lowest BCUT2D eigenvalue weighted by Crippen LogP contribution is -2.32. The SMILES string of the molecule is Cc1c(Cl)cccc1C1(N=C=O)CCC1. The number of benzene rings is 1. The van der Waals surface area contributed by atoms with Crippen LogP contribution in [-0.2, 0) is 10.3 Å². The van der Waals surface area contributed by atoms with Crippen molar-refractivity contribution in [2.45, 2.75) is 31.7 Å². The van der Waals surface area contributed by atoms with E-state index in [2.05, 4.69) is 4.99 Å². The maximum absolute atomic E-state index is 10.5. The number of hydrogen-bond donors (Lipinski definition) is 0. The van der Waals surface area contributed by atoms with E-state index >= 15 is 0 Å². The zero-order valence-electron chi connectivity index (χ0n) is 8.59. The van der Waals surface area contributed by atoms with Gasteiger partial charge in [-0.15, -0.1) is 0 Å². The lowest BCUT2D eigenvalue weighted by Gasteiger charge is -2.38. The smallest absolute Gasteiger partial charge is 0.211 e. The molecule has 0 aromatic heterocycles. The average molecular weight is 222 g/mol. The molecule has 1 aromatic carbocycles. The molecule has 1 aromatic rings. The Labute approximate surface area is 94.0 Å². The molecule has 1 aliphatic carbocycles. The minimum Gasteiger partial charge on any atom is -0.211 e. The van der Waals surface area contributed by atoms with Crippen molar-refractivity contribution in [1.82, 2.24) is 0 Å². The Bertz CT molecular complexity index is 431. The topological polar surface area (TPSA) is 29.4 Å². The molecule has 0 saturated heterocycles. The van der Waals surface area contributed by atoms with Gasteiger partial charge in [0.15, 0.2) is 0 Å². The van der Waals surface area contributed by atoms with Gasteiger partial charge >= 0.3 is 0 Å². The number of halogens is 1. The number of isocyanates is 1. The normalized spacial score (nSPS) is 17.7. The molecule has 0 unspecified atom stereocenters. The molecule has 0 spiro atoms. The molecule has 0 amide bonds. The highest BCUT2D eigenvalue weighted by molar-refractivity contribution is 6.31. The molecule has 0 atom stereocenters. The van der Waals surface area contributed by atoms with E-state index in [1.54, 1.807) is 6.08 Å². The Kier molecular flexibility index (Phi) is 2.64. The first kappa shape index (κ1) is 10.4. The predicted molar refractivity (Wildman–Crippen MR) is 59.8 cm³/mol. The standard InChI is InChI=1S/C12H12ClNO/c1-9-10(4-2-5-11(9)13)12(14-8-15)6-3-7-12/h2,4-5H,3,6-7H2,1H3. The van der Waals surface area contributed by atoms with E-state index in [-0.39, 0.29) is 5.54 Å². The van der Waals surface area contributed by atoms with Gasteiger partial charge in [0.25, 0.3) is 0 Å². The Morgan fingerprint density at radius 1 is 1.47 bits per heavy atom. The number of aliphatic imine (C=N–C) groups is 1. The second-order valence-corrected chi connectivity index (χ2v) is 4.41. The molecule has 0 aliphatic heterocycles. The lowest BCUT2D eigenvalue weighted by molar-refractivity contribution is 0.255. The van der Waals surface area contributed by atoms with E-state index in [1.807, 2.05) is 25.1 Å². The van der Waals surface area contributed by atoms with Crippen molar-refractivity contribution in [2.75, 3.05) is 0 Å². The van der Waals surface area contributed by atoms with Crippen LogP contribution in [0, 0.1) is 6.92 Å². The second-order valence-electron chi connectivity index (χ2n) is 4.00. The first-order chi connectivity index (χ1) is 7.19. The van der Waals surface area contributed by atoms with Crippen molar-refractivity contribution < 1.29 is 4.79 Å². The third-order valence-corrected chi connectivity index (χ3v) is 3.62. The molecular formula is C12H12ClNO. The van der Waals surface area contributed by atoms with Crippen LogP contribution in [0.25, 0.3) is 0 Å². The number of nitrogens with zero attached hydrogens (tertiary/aromatic N) is 1. The Morgan fingerprint density at radius 3 is 2.73 bits per heavy atom. The Hall–Kier alpha value is -1.11. The molecule has 0 radical (unpaired) electrons. The summed E-state index contributed by atoms with van der Waals surface area (Å²) in [5.41, 5.74) is 1.76. The molecule has 2 rings (SSSR count). The van der Waals surface area contributed by atoms with E-state index in [9.17, 15) is 4.79 Å². The molecule has 0 N–H and O–H groups in total. The van der Waals surface area contributed by atoms with Crippen molar-refractivity contribution >= 4 is 17.7 Å². The molecule has 3 heteroatoms. The molecule has 1 aliphatic rings. The number of rotatable bonds is 2. The summed E-state index contributed by atoms with van der Waals surface area (Å²) >= 11 is 6.06. The third-order valence-electron chi connectivity index (χ3n) is 3.21. The Balaban J connectivity index is 2.52. The van der Waals surface area contributed by atoms with Gasteiger partial charge in [-0.05, 0) is 43.4 Å². The summed E-state index contributed by atoms with van der Waals surface area (Å²) < 4.78 is 0. The molecular weight excluding hydrogens is 210 g/mol. The third kappa shape index (κ3) is 1.60. The van der Waals surface area contributed by atoms with Crippen molar-refractivity contribution in [2.24, 2.45) is 4.99 Å². The highest BCUT2D eigenvalue weighted by Crippen LogP contribution is 2.46. The largest absolute Gasteiger partial charge is 0.235 e. The zero-order chi connectivity index (χ0) is 10.9. The highest BCUT2D eigenvalue weighted by Gasteiger charge is 2.40. The van der Waals surface area contributed by atoms with Crippen LogP contribution in [0.4, 0.5) is 0 Å². The lowest BCUT2D eigenvalue weighted by atomic mass is 9.71. The Morgan fingerprint density at radius 2 is 2.20 bits per heavy atom. The fourth-order valence-corrected chi connectivity index (χ4v) is 2.33. The monoisotopic (exact) mass is 221 g/mol. The van der Waals surface area contributed by atoms with Crippen LogP contribution < -0.4 is 0 Å². The van der Waals surface area contributed by atoms with E-state index in [0.717, 1.165) is 35.4 Å². The van der Waals surface area contributed by atoms with Crippen LogP contribution >= 0.6 is 11.6 Å². The van der Waals surface area contributed by atoms with Crippen LogP contribution in [0.3, 0.4) is 0 Å². The van der Waals surface area contributed by atoms with Crippen molar-refractivity contribution in [3.05, 3.63) is 34.3 Å². The van der Waals surface area contributed by atoms with Gasteiger partial charge in [-0.1, -0.05) is 23.7 Å². The summed E-state index contributed by atoms with van der Waals surface area (Å²) in [4.78, 5) is 14.4. The van der Waals surface area contributed by atoms with Crippen LogP contribution in [0.1, 0.15) is 30.4 Å². The van der Waals surface area contributed by atoms with Gasteiger partial charge in [0.05, 0.1) is 5.54 Å². The second kappa shape index (κ2) is 3.80. The van der Waals surface area contributed by atoms with Crippen LogP contribution in [0.15, 0.2) is 23.2 Å². The van der Waals surface area contributed by atoms with Crippen molar-refractivity contribution in [1.29, 1.82) is 0 Å². The molecule has 0 heterocycles. The maximum atomic E-state index is 10.5. The average Bonchev–Trinajstić information content (AvgIpc) is 2.17. The number of hydrogen-bond acceptors (Lipinski definition) is 2. The van der Waals surface area contributed by atoms with Gasteiger partial charge in [-0.2, -0.15) is 4.99 Å². The molecule has 1 fully saturated rings. The maximum Gasteiger partial charge on any atom is 0.235 e. The van der Waals surface area contributed by atoms with Crippen LogP contribution in [0.5, 0.6) is 0 Å². The van der Waals surface area contributed by atoms with E-state index in [1.165, 1.54) is 0 Å². The van der Waals surface area contributed by atoms with Gasteiger partial charge in [-0.3, -0.25) is 0 Å². The van der Waals surface area contributed by atoms with E-state index in [4.69, 9.17) is 11.6 Å². The summed E-state index contributed by atoms with van der Waals surface area (Å²) in [6, 6.07) is 5.77. The van der Waals surface area contributed by atoms with Gasteiger partial charge in [0, 0.05) is 5.02 Å². The van der Waals surface area contributed by atoms with Crippen molar-refractivity contribution in [3.8, 4) is 0 Å². The highest BCUT2D eigenvalue weighted by atomic mass is 35.5. The van der Waals surface area contributed by atoms with Gasteiger partial charge in [0.1, 0.15) is 0 Å². The van der Waals surface area contributed by atoms with E-state index < -0.39 is 0 Å². The predicted octanol–water partition coefficient (Wildman–Crippen LogP) is 3.36. The molecule has 2 nitrogen and oxygen atoms in total. The first-order valence-electron chi connectivity index (χ1n) is 5.04. The summed E-state index contributed by atoms with van der Waals surface area (Å²) in [5, 5.41) is 0.736. The van der Waals surface area contributed by atoms with Crippen LogP contribution in [-0.4, -0.2) is 6.08 Å². The van der Waals surface area contributed by atoms with Crippen molar-refractivity contribution in [3.63, 3.8) is 0 Å². The molecule has 1 saturated carbocycles. The van der Waals surface area contributed by atoms with Crippen LogP contribution in [0.2, 0.25) is 5.02 Å². The first-order valence-corrected chi connectivity index (χ1v) is 5.42. The summed E-state index contributed by atoms with van der Waals surface area (Å²) in [6.07, 6.45) is 4.64. The molecule has 78 valence electrons. The minimum absolute atomic E-state index is 0.337. The fourth-order valence-electron chi connectivity index (χ4n) is 2.15. The molecule has 15 heavy (non-hydrogen) atoms. The fraction of sp³-hybridized carbons (Fsp3) is 0.417. The summed E-state index contributed by atoms with van der Waals surface area (Å²) in [6.45, 7) is 1.97. The summed E-state index contributed by atoms with van der Waals surface area (Å²) in [5.74, 6) is 0. The minimum atomic E-state index is -0.337. The van der Waals surface area contributed by atoms with Gasteiger partial charge in [0.2, 0.25) is 6.08 Å². The zero-order valence-corrected chi connectivity index (χ0v) is 9.34. The van der Waals surface area contributed by atoms with Gasteiger partial charge in [-0.25, -0.2) is 4.79 Å². The van der Waals surface area contributed by atoms with E-state index in [0.29, 0.717) is 0 Å².